The maximum absolute atomic E-state index is 13.0. The normalized spacial score (nSPS) is 15.6. The van der Waals surface area contributed by atoms with Crippen LogP contribution in [0.15, 0.2) is 18.2 Å². The molecule has 1 heterocycles. The van der Waals surface area contributed by atoms with Crippen LogP contribution in [0.2, 0.25) is 0 Å². The van der Waals surface area contributed by atoms with E-state index < -0.39 is 0 Å². The van der Waals surface area contributed by atoms with Crippen LogP contribution in [0.1, 0.15) is 68.5 Å². The average molecular weight is 342 g/mol. The molecule has 0 saturated heterocycles. The number of hydrogen-bond acceptors (Lipinski definition) is 2. The van der Waals surface area contributed by atoms with Crippen LogP contribution >= 0.6 is 0 Å². The smallest absolute Gasteiger partial charge is 0.253 e. The van der Waals surface area contributed by atoms with Crippen molar-refractivity contribution in [3.05, 3.63) is 29.5 Å². The highest BCUT2D eigenvalue weighted by molar-refractivity contribution is 6.09. The van der Waals surface area contributed by atoms with E-state index in [2.05, 4.69) is 43.6 Å². The SMILES string of the molecule is COc1ccc2c(c1)c(C(=O)NC(C)CCC(C)C)c(C)n2C1CC1. The van der Waals surface area contributed by atoms with Crippen molar-refractivity contribution >= 4 is 16.8 Å². The molecule has 1 unspecified atom stereocenters. The molecule has 1 aromatic carbocycles. The van der Waals surface area contributed by atoms with Crippen LogP contribution in [0.5, 0.6) is 5.75 Å². The van der Waals surface area contributed by atoms with Gasteiger partial charge in [0.2, 0.25) is 0 Å². The van der Waals surface area contributed by atoms with Gasteiger partial charge in [0.25, 0.3) is 5.91 Å². The number of nitrogens with zero attached hydrogens (tertiary/aromatic N) is 1. The molecule has 1 aliphatic carbocycles. The van der Waals surface area contributed by atoms with Gasteiger partial charge in [-0.15, -0.1) is 0 Å². The van der Waals surface area contributed by atoms with E-state index in [1.807, 2.05) is 12.1 Å². The van der Waals surface area contributed by atoms with Gasteiger partial charge in [0.05, 0.1) is 12.7 Å². The molecule has 1 saturated carbocycles. The van der Waals surface area contributed by atoms with Gasteiger partial charge in [0.15, 0.2) is 0 Å². The van der Waals surface area contributed by atoms with Gasteiger partial charge < -0.3 is 14.6 Å². The highest BCUT2D eigenvalue weighted by atomic mass is 16.5. The number of aromatic nitrogens is 1. The zero-order valence-electron chi connectivity index (χ0n) is 16.1. The van der Waals surface area contributed by atoms with Crippen LogP contribution in [0.25, 0.3) is 10.9 Å². The summed E-state index contributed by atoms with van der Waals surface area (Å²) in [5.41, 5.74) is 3.01. The number of carbonyl (C=O) groups is 1. The van der Waals surface area contributed by atoms with Crippen molar-refractivity contribution in [2.75, 3.05) is 7.11 Å². The largest absolute Gasteiger partial charge is 0.497 e. The van der Waals surface area contributed by atoms with Gasteiger partial charge in [0.1, 0.15) is 5.75 Å². The van der Waals surface area contributed by atoms with Crippen LogP contribution in [-0.4, -0.2) is 23.6 Å². The molecule has 0 bridgehead atoms. The van der Waals surface area contributed by atoms with Gasteiger partial charge >= 0.3 is 0 Å². The lowest BCUT2D eigenvalue weighted by molar-refractivity contribution is 0.0938. The number of ether oxygens (including phenoxy) is 1. The van der Waals surface area contributed by atoms with E-state index in [-0.39, 0.29) is 11.9 Å². The summed E-state index contributed by atoms with van der Waals surface area (Å²) in [6.45, 7) is 8.59. The van der Waals surface area contributed by atoms with Crippen molar-refractivity contribution in [3.8, 4) is 5.75 Å². The van der Waals surface area contributed by atoms with Crippen LogP contribution in [0.3, 0.4) is 0 Å². The summed E-state index contributed by atoms with van der Waals surface area (Å²) >= 11 is 0. The molecule has 0 spiro atoms. The van der Waals surface area contributed by atoms with Crippen LogP contribution in [0.4, 0.5) is 0 Å². The quantitative estimate of drug-likeness (QED) is 0.782. The predicted molar refractivity (Wildman–Crippen MR) is 102 cm³/mol. The summed E-state index contributed by atoms with van der Waals surface area (Å²) in [5, 5.41) is 4.20. The Labute approximate surface area is 150 Å². The first-order chi connectivity index (χ1) is 11.9. The van der Waals surface area contributed by atoms with Crippen molar-refractivity contribution in [1.82, 2.24) is 9.88 Å². The second-order valence-corrected chi connectivity index (χ2v) is 7.79. The third kappa shape index (κ3) is 3.68. The van der Waals surface area contributed by atoms with E-state index in [1.54, 1.807) is 7.11 Å². The summed E-state index contributed by atoms with van der Waals surface area (Å²) in [6, 6.07) is 6.77. The Hall–Kier alpha value is -1.97. The number of hydrogen-bond donors (Lipinski definition) is 1. The van der Waals surface area contributed by atoms with E-state index in [4.69, 9.17) is 4.74 Å². The molecule has 0 radical (unpaired) electrons. The minimum Gasteiger partial charge on any atom is -0.497 e. The van der Waals surface area contributed by atoms with E-state index in [9.17, 15) is 4.79 Å². The van der Waals surface area contributed by atoms with Gasteiger partial charge in [-0.05, 0) is 63.6 Å². The first kappa shape index (κ1) is 17.8. The van der Waals surface area contributed by atoms with E-state index >= 15 is 0 Å². The average Bonchev–Trinajstić information content (AvgIpc) is 3.35. The third-order valence-corrected chi connectivity index (χ3v) is 5.15. The fourth-order valence-corrected chi connectivity index (χ4v) is 3.59. The lowest BCUT2D eigenvalue weighted by atomic mass is 10.0. The maximum Gasteiger partial charge on any atom is 0.253 e. The van der Waals surface area contributed by atoms with Gasteiger partial charge in [0, 0.05) is 28.7 Å². The lowest BCUT2D eigenvalue weighted by Gasteiger charge is -2.15. The molecule has 1 aromatic heterocycles. The zero-order valence-corrected chi connectivity index (χ0v) is 16.1. The van der Waals surface area contributed by atoms with Gasteiger partial charge in [-0.3, -0.25) is 4.79 Å². The van der Waals surface area contributed by atoms with Crippen LogP contribution in [0, 0.1) is 12.8 Å². The van der Waals surface area contributed by atoms with Crippen molar-refractivity contribution in [2.24, 2.45) is 5.92 Å². The molecule has 1 fully saturated rings. The Morgan fingerprint density at radius 2 is 2.00 bits per heavy atom. The molecular weight excluding hydrogens is 312 g/mol. The second-order valence-electron chi connectivity index (χ2n) is 7.79. The molecule has 2 aromatic rings. The highest BCUT2D eigenvalue weighted by Crippen LogP contribution is 2.41. The first-order valence-electron chi connectivity index (χ1n) is 9.41. The minimum absolute atomic E-state index is 0.0337. The Bertz CT molecular complexity index is 772. The topological polar surface area (TPSA) is 43.3 Å². The first-order valence-corrected chi connectivity index (χ1v) is 9.41. The van der Waals surface area contributed by atoms with Crippen molar-refractivity contribution in [1.29, 1.82) is 0 Å². The van der Waals surface area contributed by atoms with Gasteiger partial charge in [-0.25, -0.2) is 0 Å². The molecular formula is C21H30N2O2. The number of nitrogens with one attached hydrogen (secondary N) is 1. The molecule has 25 heavy (non-hydrogen) atoms. The third-order valence-electron chi connectivity index (χ3n) is 5.15. The molecule has 1 N–H and O–H groups in total. The lowest BCUT2D eigenvalue weighted by Crippen LogP contribution is -2.33. The zero-order chi connectivity index (χ0) is 18.1. The summed E-state index contributed by atoms with van der Waals surface area (Å²) < 4.78 is 7.72. The number of benzene rings is 1. The van der Waals surface area contributed by atoms with Crippen molar-refractivity contribution in [3.63, 3.8) is 0 Å². The van der Waals surface area contributed by atoms with Crippen molar-refractivity contribution in [2.45, 2.75) is 65.5 Å². The molecule has 136 valence electrons. The van der Waals surface area contributed by atoms with Crippen molar-refractivity contribution < 1.29 is 9.53 Å². The van der Waals surface area contributed by atoms with Gasteiger partial charge in [-0.1, -0.05) is 13.8 Å². The predicted octanol–water partition coefficient (Wildman–Crippen LogP) is 4.85. The Morgan fingerprint density at radius 1 is 1.28 bits per heavy atom. The number of rotatable bonds is 7. The Kier molecular flexibility index (Phi) is 5.07. The van der Waals surface area contributed by atoms with E-state index in [0.717, 1.165) is 40.8 Å². The summed E-state index contributed by atoms with van der Waals surface area (Å²) in [6.07, 6.45) is 4.52. The highest BCUT2D eigenvalue weighted by Gasteiger charge is 2.30. The number of carbonyl (C=O) groups excluding carboxylic acids is 1. The maximum atomic E-state index is 13.0. The number of methoxy groups -OCH3 is 1. The number of amides is 1. The van der Waals surface area contributed by atoms with Crippen LogP contribution in [-0.2, 0) is 0 Å². The minimum atomic E-state index is 0.0337. The summed E-state index contributed by atoms with van der Waals surface area (Å²) in [4.78, 5) is 13.0. The van der Waals surface area contributed by atoms with E-state index in [0.29, 0.717) is 12.0 Å². The van der Waals surface area contributed by atoms with Crippen LogP contribution < -0.4 is 10.1 Å². The summed E-state index contributed by atoms with van der Waals surface area (Å²) in [7, 11) is 1.67. The monoisotopic (exact) mass is 342 g/mol. The van der Waals surface area contributed by atoms with Gasteiger partial charge in [-0.2, -0.15) is 0 Å². The summed E-state index contributed by atoms with van der Waals surface area (Å²) in [5.74, 6) is 1.48. The number of fused-ring (bicyclic) bond motifs is 1. The Morgan fingerprint density at radius 3 is 2.60 bits per heavy atom. The Balaban J connectivity index is 1.94. The fraction of sp³-hybridized carbons (Fsp3) is 0.571. The van der Waals surface area contributed by atoms with E-state index in [1.165, 1.54) is 12.8 Å². The molecule has 0 aliphatic heterocycles. The molecule has 4 heteroatoms. The standard InChI is InChI=1S/C21H30N2O2/c1-13(2)6-7-14(3)22-21(24)20-15(4)23(16-8-9-16)19-11-10-17(25-5)12-18(19)20/h10-14,16H,6-9H2,1-5H3,(H,22,24). The molecule has 1 atom stereocenters. The molecule has 1 aliphatic rings. The molecule has 1 amide bonds. The molecule has 3 rings (SSSR count). The second kappa shape index (κ2) is 7.11. The fourth-order valence-electron chi connectivity index (χ4n) is 3.59. The molecule has 4 nitrogen and oxygen atoms in total.